The van der Waals surface area contributed by atoms with Crippen LogP contribution in [0.4, 0.5) is 0 Å². The number of aryl methyl sites for hydroxylation is 1. The third-order valence-electron chi connectivity index (χ3n) is 2.40. The van der Waals surface area contributed by atoms with Crippen LogP contribution in [-0.2, 0) is 0 Å². The third kappa shape index (κ3) is 3.80. The highest BCUT2D eigenvalue weighted by Gasteiger charge is 2.10. The molecule has 0 spiro atoms. The summed E-state index contributed by atoms with van der Waals surface area (Å²) in [6.07, 6.45) is 4.23. The second-order valence-corrected chi connectivity index (χ2v) is 4.61. The smallest absolute Gasteiger partial charge is 0.0801 e. The van der Waals surface area contributed by atoms with E-state index in [1.807, 2.05) is 31.2 Å². The minimum Gasteiger partial charge on any atom is -0.388 e. The van der Waals surface area contributed by atoms with Crippen molar-refractivity contribution in [3.63, 3.8) is 0 Å². The standard InChI is InChI=1S/C13H17BrO/c1-3-4-5-6-13(15)11-9-10(2)7-8-12(11)14/h3,7-9,13,15H,1,4-6H2,2H3. The van der Waals surface area contributed by atoms with Crippen LogP contribution in [0.1, 0.15) is 36.5 Å². The molecule has 1 atom stereocenters. The number of hydrogen-bond donors (Lipinski definition) is 1. The van der Waals surface area contributed by atoms with E-state index in [-0.39, 0.29) is 6.10 Å². The molecule has 2 heteroatoms. The van der Waals surface area contributed by atoms with Crippen LogP contribution in [-0.4, -0.2) is 5.11 Å². The van der Waals surface area contributed by atoms with Gasteiger partial charge in [0.15, 0.2) is 0 Å². The molecule has 1 aromatic rings. The molecule has 82 valence electrons. The molecule has 0 aliphatic rings. The van der Waals surface area contributed by atoms with E-state index in [0.717, 1.165) is 29.3 Å². The number of rotatable bonds is 5. The average Bonchev–Trinajstić information content (AvgIpc) is 2.22. The summed E-state index contributed by atoms with van der Waals surface area (Å²) in [5.74, 6) is 0. The van der Waals surface area contributed by atoms with E-state index >= 15 is 0 Å². The van der Waals surface area contributed by atoms with Crippen molar-refractivity contribution in [2.75, 3.05) is 0 Å². The molecule has 1 N–H and O–H groups in total. The molecule has 15 heavy (non-hydrogen) atoms. The van der Waals surface area contributed by atoms with Gasteiger partial charge in [-0.25, -0.2) is 0 Å². The number of aliphatic hydroxyl groups is 1. The highest BCUT2D eigenvalue weighted by molar-refractivity contribution is 9.10. The quantitative estimate of drug-likeness (QED) is 0.629. The van der Waals surface area contributed by atoms with Crippen LogP contribution in [0.3, 0.4) is 0 Å². The van der Waals surface area contributed by atoms with E-state index in [0.29, 0.717) is 0 Å². The van der Waals surface area contributed by atoms with Gasteiger partial charge in [-0.1, -0.05) is 39.7 Å². The van der Waals surface area contributed by atoms with Gasteiger partial charge in [0.2, 0.25) is 0 Å². The van der Waals surface area contributed by atoms with E-state index in [1.165, 1.54) is 5.56 Å². The fraction of sp³-hybridized carbons (Fsp3) is 0.385. The van der Waals surface area contributed by atoms with Crippen molar-refractivity contribution in [3.8, 4) is 0 Å². The van der Waals surface area contributed by atoms with Gasteiger partial charge in [-0.3, -0.25) is 0 Å². The van der Waals surface area contributed by atoms with Gasteiger partial charge < -0.3 is 5.11 Å². The van der Waals surface area contributed by atoms with Gasteiger partial charge in [0.1, 0.15) is 0 Å². The minimum atomic E-state index is -0.376. The molecule has 1 unspecified atom stereocenters. The third-order valence-corrected chi connectivity index (χ3v) is 3.12. The van der Waals surface area contributed by atoms with E-state index < -0.39 is 0 Å². The van der Waals surface area contributed by atoms with Crippen molar-refractivity contribution in [3.05, 3.63) is 46.5 Å². The maximum Gasteiger partial charge on any atom is 0.0801 e. The van der Waals surface area contributed by atoms with Crippen LogP contribution in [0, 0.1) is 6.92 Å². The number of unbranched alkanes of at least 4 members (excludes halogenated alkanes) is 1. The zero-order valence-corrected chi connectivity index (χ0v) is 10.6. The summed E-state index contributed by atoms with van der Waals surface area (Å²) in [6.45, 7) is 5.71. The summed E-state index contributed by atoms with van der Waals surface area (Å²) in [5, 5.41) is 9.99. The monoisotopic (exact) mass is 268 g/mol. The van der Waals surface area contributed by atoms with Crippen LogP contribution in [0.2, 0.25) is 0 Å². The highest BCUT2D eigenvalue weighted by atomic mass is 79.9. The first-order chi connectivity index (χ1) is 7.15. The Labute approximate surface area is 100.0 Å². The first-order valence-corrected chi connectivity index (χ1v) is 5.99. The summed E-state index contributed by atoms with van der Waals surface area (Å²) in [5.41, 5.74) is 2.16. The van der Waals surface area contributed by atoms with Gasteiger partial charge in [-0.15, -0.1) is 6.58 Å². The van der Waals surface area contributed by atoms with E-state index in [2.05, 4.69) is 22.5 Å². The average molecular weight is 269 g/mol. The Morgan fingerprint density at radius 1 is 1.53 bits per heavy atom. The normalized spacial score (nSPS) is 12.5. The van der Waals surface area contributed by atoms with Crippen LogP contribution >= 0.6 is 15.9 Å². The topological polar surface area (TPSA) is 20.2 Å². The Hall–Kier alpha value is -0.600. The van der Waals surface area contributed by atoms with Gasteiger partial charge >= 0.3 is 0 Å². The molecular formula is C13H17BrO. The first-order valence-electron chi connectivity index (χ1n) is 5.20. The SMILES string of the molecule is C=CCCCC(O)c1cc(C)ccc1Br. The first kappa shape index (κ1) is 12.5. The van der Waals surface area contributed by atoms with Gasteiger partial charge in [0.05, 0.1) is 6.10 Å². The fourth-order valence-electron chi connectivity index (χ4n) is 1.53. The van der Waals surface area contributed by atoms with Crippen molar-refractivity contribution >= 4 is 15.9 Å². The maximum absolute atomic E-state index is 9.99. The Bertz CT molecular complexity index is 333. The Morgan fingerprint density at radius 3 is 2.93 bits per heavy atom. The van der Waals surface area contributed by atoms with E-state index in [1.54, 1.807) is 0 Å². The second kappa shape index (κ2) is 6.09. The number of aliphatic hydroxyl groups excluding tert-OH is 1. The summed E-state index contributed by atoms with van der Waals surface area (Å²) in [7, 11) is 0. The van der Waals surface area contributed by atoms with Gasteiger partial charge in [0, 0.05) is 4.47 Å². The molecule has 0 heterocycles. The molecule has 0 bridgehead atoms. The van der Waals surface area contributed by atoms with E-state index in [9.17, 15) is 5.11 Å². The lowest BCUT2D eigenvalue weighted by atomic mass is 10.0. The predicted octanol–water partition coefficient (Wildman–Crippen LogP) is 4.15. The Morgan fingerprint density at radius 2 is 2.27 bits per heavy atom. The maximum atomic E-state index is 9.99. The fourth-order valence-corrected chi connectivity index (χ4v) is 2.04. The molecule has 0 aliphatic carbocycles. The molecule has 0 saturated heterocycles. The largest absolute Gasteiger partial charge is 0.388 e. The van der Waals surface area contributed by atoms with Crippen LogP contribution in [0.5, 0.6) is 0 Å². The van der Waals surface area contributed by atoms with Crippen LogP contribution in [0.15, 0.2) is 35.3 Å². The summed E-state index contributed by atoms with van der Waals surface area (Å²) < 4.78 is 0.985. The van der Waals surface area contributed by atoms with Gasteiger partial charge in [-0.2, -0.15) is 0 Å². The summed E-state index contributed by atoms with van der Waals surface area (Å²) in [4.78, 5) is 0. The molecule has 0 amide bonds. The van der Waals surface area contributed by atoms with Crippen molar-refractivity contribution in [2.45, 2.75) is 32.3 Å². The molecule has 0 fully saturated rings. The van der Waals surface area contributed by atoms with Crippen molar-refractivity contribution in [1.82, 2.24) is 0 Å². The Balaban J connectivity index is 2.67. The molecule has 1 rings (SSSR count). The number of benzene rings is 1. The molecule has 1 nitrogen and oxygen atoms in total. The molecule has 0 aliphatic heterocycles. The van der Waals surface area contributed by atoms with Crippen LogP contribution in [0.25, 0.3) is 0 Å². The van der Waals surface area contributed by atoms with Crippen molar-refractivity contribution < 1.29 is 5.11 Å². The number of hydrogen-bond acceptors (Lipinski definition) is 1. The van der Waals surface area contributed by atoms with Gasteiger partial charge in [0.25, 0.3) is 0 Å². The lowest BCUT2D eigenvalue weighted by Gasteiger charge is -2.13. The zero-order chi connectivity index (χ0) is 11.3. The van der Waals surface area contributed by atoms with Gasteiger partial charge in [-0.05, 0) is 37.8 Å². The molecule has 0 aromatic heterocycles. The van der Waals surface area contributed by atoms with Crippen LogP contribution < -0.4 is 0 Å². The summed E-state index contributed by atoms with van der Waals surface area (Å²) in [6, 6.07) is 6.05. The van der Waals surface area contributed by atoms with Crippen molar-refractivity contribution in [1.29, 1.82) is 0 Å². The number of halogens is 1. The second-order valence-electron chi connectivity index (χ2n) is 3.76. The minimum absolute atomic E-state index is 0.376. The lowest BCUT2D eigenvalue weighted by molar-refractivity contribution is 0.164. The summed E-state index contributed by atoms with van der Waals surface area (Å²) >= 11 is 3.46. The molecule has 1 aromatic carbocycles. The molecule has 0 saturated carbocycles. The zero-order valence-electron chi connectivity index (χ0n) is 9.04. The Kier molecular flexibility index (Phi) is 5.06. The highest BCUT2D eigenvalue weighted by Crippen LogP contribution is 2.27. The number of allylic oxidation sites excluding steroid dienone is 1. The molecular weight excluding hydrogens is 252 g/mol. The lowest BCUT2D eigenvalue weighted by Crippen LogP contribution is -1.98. The van der Waals surface area contributed by atoms with E-state index in [4.69, 9.17) is 0 Å². The molecule has 0 radical (unpaired) electrons. The van der Waals surface area contributed by atoms with Crippen molar-refractivity contribution in [2.24, 2.45) is 0 Å². The predicted molar refractivity (Wildman–Crippen MR) is 67.9 cm³/mol.